The minimum absolute atomic E-state index is 0.182. The van der Waals surface area contributed by atoms with Crippen molar-refractivity contribution in [3.8, 4) is 0 Å². The average molecular weight is 214 g/mol. The lowest BCUT2D eigenvalue weighted by Gasteiger charge is -2.30. The van der Waals surface area contributed by atoms with Gasteiger partial charge in [-0.1, -0.05) is 26.7 Å². The maximum absolute atomic E-state index is 9.99. The van der Waals surface area contributed by atoms with Gasteiger partial charge >= 0.3 is 0 Å². The van der Waals surface area contributed by atoms with Gasteiger partial charge in [-0.05, 0) is 43.9 Å². The molecule has 0 spiro atoms. The van der Waals surface area contributed by atoms with Crippen LogP contribution in [0.2, 0.25) is 0 Å². The van der Waals surface area contributed by atoms with Crippen molar-refractivity contribution in [3.63, 3.8) is 0 Å². The molecule has 90 valence electrons. The summed E-state index contributed by atoms with van der Waals surface area (Å²) in [4.78, 5) is 0. The van der Waals surface area contributed by atoms with Crippen LogP contribution in [-0.2, 0) is 0 Å². The fourth-order valence-electron chi connectivity index (χ4n) is 2.47. The summed E-state index contributed by atoms with van der Waals surface area (Å²) in [7, 11) is 0. The molecule has 0 aliphatic heterocycles. The third-order valence-corrected chi connectivity index (χ3v) is 3.87. The fraction of sp³-hybridized carbons (Fsp3) is 1.00. The molecule has 1 aliphatic rings. The summed E-state index contributed by atoms with van der Waals surface area (Å²) in [6, 6.07) is 0. The van der Waals surface area contributed by atoms with Crippen molar-refractivity contribution in [2.45, 2.75) is 71.0 Å². The standard InChI is InChI=1S/C13H26O2/c1-3-12(14)8-9-13(15)11-6-4-10(2)5-7-11/h10-15H,3-9H2,1-2H3. The second kappa shape index (κ2) is 6.49. The molecule has 1 rings (SSSR count). The molecule has 0 heterocycles. The first-order valence-electron chi connectivity index (χ1n) is 6.49. The van der Waals surface area contributed by atoms with Gasteiger partial charge in [-0.25, -0.2) is 0 Å². The van der Waals surface area contributed by atoms with Crippen LogP contribution in [0, 0.1) is 11.8 Å². The summed E-state index contributed by atoms with van der Waals surface area (Å²) in [5, 5.41) is 19.4. The summed E-state index contributed by atoms with van der Waals surface area (Å²) in [5.41, 5.74) is 0. The molecule has 0 aromatic rings. The molecule has 2 unspecified atom stereocenters. The molecule has 0 aromatic carbocycles. The predicted molar refractivity (Wildman–Crippen MR) is 62.7 cm³/mol. The summed E-state index contributed by atoms with van der Waals surface area (Å²) >= 11 is 0. The largest absolute Gasteiger partial charge is 0.393 e. The van der Waals surface area contributed by atoms with E-state index in [1.165, 1.54) is 25.7 Å². The smallest absolute Gasteiger partial charge is 0.0569 e. The molecule has 2 atom stereocenters. The Bertz CT molecular complexity index is 162. The van der Waals surface area contributed by atoms with E-state index in [1.807, 2.05) is 6.92 Å². The zero-order valence-electron chi connectivity index (χ0n) is 10.2. The van der Waals surface area contributed by atoms with E-state index < -0.39 is 0 Å². The zero-order valence-corrected chi connectivity index (χ0v) is 10.2. The number of aliphatic hydroxyl groups is 2. The Labute approximate surface area is 93.7 Å². The lowest BCUT2D eigenvalue weighted by Crippen LogP contribution is -2.26. The highest BCUT2D eigenvalue weighted by Gasteiger charge is 2.24. The molecule has 1 aliphatic carbocycles. The Hall–Kier alpha value is -0.0800. The van der Waals surface area contributed by atoms with Gasteiger partial charge in [-0.2, -0.15) is 0 Å². The summed E-state index contributed by atoms with van der Waals surface area (Å²) in [5.74, 6) is 1.33. The van der Waals surface area contributed by atoms with Crippen molar-refractivity contribution < 1.29 is 10.2 Å². The zero-order chi connectivity index (χ0) is 11.3. The van der Waals surface area contributed by atoms with Crippen molar-refractivity contribution in [2.24, 2.45) is 11.8 Å². The highest BCUT2D eigenvalue weighted by molar-refractivity contribution is 4.76. The maximum atomic E-state index is 9.99. The molecule has 0 saturated heterocycles. The van der Waals surface area contributed by atoms with Gasteiger partial charge in [-0.3, -0.25) is 0 Å². The molecule has 1 fully saturated rings. The average Bonchev–Trinajstić information content (AvgIpc) is 2.26. The van der Waals surface area contributed by atoms with E-state index >= 15 is 0 Å². The lowest BCUT2D eigenvalue weighted by molar-refractivity contribution is 0.0510. The minimum Gasteiger partial charge on any atom is -0.393 e. The van der Waals surface area contributed by atoms with Gasteiger partial charge < -0.3 is 10.2 Å². The molecule has 0 aromatic heterocycles. The van der Waals surface area contributed by atoms with Gasteiger partial charge in [0, 0.05) is 0 Å². The summed E-state index contributed by atoms with van der Waals surface area (Å²) in [6.45, 7) is 4.28. The third-order valence-electron chi connectivity index (χ3n) is 3.87. The van der Waals surface area contributed by atoms with Crippen LogP contribution in [0.5, 0.6) is 0 Å². The molecule has 2 N–H and O–H groups in total. The van der Waals surface area contributed by atoms with E-state index in [1.54, 1.807) is 0 Å². The van der Waals surface area contributed by atoms with Gasteiger partial charge in [0.2, 0.25) is 0 Å². The molecule has 15 heavy (non-hydrogen) atoms. The number of hydrogen-bond donors (Lipinski definition) is 2. The van der Waals surface area contributed by atoms with Crippen molar-refractivity contribution in [3.05, 3.63) is 0 Å². The van der Waals surface area contributed by atoms with Gasteiger partial charge in [0.15, 0.2) is 0 Å². The van der Waals surface area contributed by atoms with Gasteiger partial charge in [0.1, 0.15) is 0 Å². The Kier molecular flexibility index (Phi) is 5.62. The van der Waals surface area contributed by atoms with Crippen LogP contribution < -0.4 is 0 Å². The van der Waals surface area contributed by atoms with Crippen LogP contribution in [0.15, 0.2) is 0 Å². The second-order valence-corrected chi connectivity index (χ2v) is 5.23. The van der Waals surface area contributed by atoms with Crippen LogP contribution in [0.1, 0.15) is 58.8 Å². The van der Waals surface area contributed by atoms with Gasteiger partial charge in [0.05, 0.1) is 12.2 Å². The van der Waals surface area contributed by atoms with Crippen molar-refractivity contribution in [1.82, 2.24) is 0 Å². The van der Waals surface area contributed by atoms with Crippen LogP contribution in [0.4, 0.5) is 0 Å². The van der Waals surface area contributed by atoms with Crippen LogP contribution in [0.3, 0.4) is 0 Å². The number of hydrogen-bond acceptors (Lipinski definition) is 2. The Morgan fingerprint density at radius 3 is 2.20 bits per heavy atom. The maximum Gasteiger partial charge on any atom is 0.0569 e. The Morgan fingerprint density at radius 1 is 1.07 bits per heavy atom. The van der Waals surface area contributed by atoms with Gasteiger partial charge in [-0.15, -0.1) is 0 Å². The molecular formula is C13H26O2. The highest BCUT2D eigenvalue weighted by atomic mass is 16.3. The fourth-order valence-corrected chi connectivity index (χ4v) is 2.47. The minimum atomic E-state index is -0.220. The quantitative estimate of drug-likeness (QED) is 0.738. The summed E-state index contributed by atoms with van der Waals surface area (Å²) < 4.78 is 0. The predicted octanol–water partition coefficient (Wildman–Crippen LogP) is 2.72. The van der Waals surface area contributed by atoms with Crippen LogP contribution in [-0.4, -0.2) is 22.4 Å². The second-order valence-electron chi connectivity index (χ2n) is 5.23. The van der Waals surface area contributed by atoms with E-state index in [2.05, 4.69) is 6.92 Å². The van der Waals surface area contributed by atoms with Crippen molar-refractivity contribution in [1.29, 1.82) is 0 Å². The van der Waals surface area contributed by atoms with Crippen LogP contribution in [0.25, 0.3) is 0 Å². The number of rotatable bonds is 5. The topological polar surface area (TPSA) is 40.5 Å². The van der Waals surface area contributed by atoms with E-state index in [-0.39, 0.29) is 12.2 Å². The first kappa shape index (κ1) is 13.0. The monoisotopic (exact) mass is 214 g/mol. The van der Waals surface area contributed by atoms with E-state index in [0.717, 1.165) is 25.2 Å². The normalized spacial score (nSPS) is 31.2. The molecule has 2 nitrogen and oxygen atoms in total. The molecule has 0 radical (unpaired) electrons. The molecule has 2 heteroatoms. The van der Waals surface area contributed by atoms with E-state index in [4.69, 9.17) is 0 Å². The van der Waals surface area contributed by atoms with Gasteiger partial charge in [0.25, 0.3) is 0 Å². The van der Waals surface area contributed by atoms with Crippen molar-refractivity contribution in [2.75, 3.05) is 0 Å². The van der Waals surface area contributed by atoms with Crippen LogP contribution >= 0.6 is 0 Å². The summed E-state index contributed by atoms with van der Waals surface area (Å²) in [6.07, 6.45) is 6.79. The Balaban J connectivity index is 2.19. The molecule has 0 bridgehead atoms. The van der Waals surface area contributed by atoms with E-state index in [0.29, 0.717) is 5.92 Å². The highest BCUT2D eigenvalue weighted by Crippen LogP contribution is 2.31. The van der Waals surface area contributed by atoms with E-state index in [9.17, 15) is 10.2 Å². The molecule has 0 amide bonds. The Morgan fingerprint density at radius 2 is 1.67 bits per heavy atom. The SMILES string of the molecule is CCC(O)CCC(O)C1CCC(C)CC1. The lowest BCUT2D eigenvalue weighted by atomic mass is 9.79. The first-order chi connectivity index (χ1) is 7.13. The number of aliphatic hydroxyl groups excluding tert-OH is 2. The molecular weight excluding hydrogens is 188 g/mol. The first-order valence-corrected chi connectivity index (χ1v) is 6.49. The third kappa shape index (κ3) is 4.52. The van der Waals surface area contributed by atoms with Crippen molar-refractivity contribution >= 4 is 0 Å². The molecule has 1 saturated carbocycles.